The minimum absolute atomic E-state index is 0.205. The van der Waals surface area contributed by atoms with Crippen molar-refractivity contribution < 1.29 is 0 Å². The molecule has 0 radical (unpaired) electrons. The average molecular weight is 298 g/mol. The minimum atomic E-state index is 0.205. The predicted octanol–water partition coefficient (Wildman–Crippen LogP) is 3.59. The number of nitrogens with zero attached hydrogens (tertiary/aromatic N) is 1. The molecule has 0 N–H and O–H groups in total. The maximum atomic E-state index is 12.4. The molecule has 1 heterocycles. The Bertz CT molecular complexity index is 464. The van der Waals surface area contributed by atoms with Crippen LogP contribution in [-0.2, 0) is 18.2 Å². The summed E-state index contributed by atoms with van der Waals surface area (Å²) in [4.78, 5) is 12.4. The van der Waals surface area contributed by atoms with Crippen molar-refractivity contribution in [1.29, 1.82) is 0 Å². The molecule has 17 heavy (non-hydrogen) atoms. The summed E-state index contributed by atoms with van der Waals surface area (Å²) in [6.45, 7) is 4.29. The second-order valence-electron chi connectivity index (χ2n) is 4.91. The Morgan fingerprint density at radius 1 is 1.41 bits per heavy atom. The van der Waals surface area contributed by atoms with Crippen LogP contribution in [0.25, 0.3) is 0 Å². The van der Waals surface area contributed by atoms with Crippen molar-refractivity contribution in [2.24, 2.45) is 0 Å². The fraction of sp³-hybridized carbons (Fsp3) is 0.643. The standard InChI is InChI=1S/C14H20BrNO/c1-3-10(2)16-13-7-5-4-6-11(13)8-12(9-15)14(16)17/h8,10H,3-7,9H2,1-2H3. The highest BCUT2D eigenvalue weighted by Crippen LogP contribution is 2.24. The van der Waals surface area contributed by atoms with Crippen molar-refractivity contribution in [3.8, 4) is 0 Å². The summed E-state index contributed by atoms with van der Waals surface area (Å²) in [5.74, 6) is 0. The van der Waals surface area contributed by atoms with Crippen molar-refractivity contribution in [2.75, 3.05) is 0 Å². The number of aromatic nitrogens is 1. The third-order valence-corrected chi connectivity index (χ3v) is 4.39. The van der Waals surface area contributed by atoms with E-state index in [0.717, 1.165) is 24.8 Å². The van der Waals surface area contributed by atoms with Crippen LogP contribution in [0, 0.1) is 0 Å². The van der Waals surface area contributed by atoms with Crippen LogP contribution in [0.15, 0.2) is 10.9 Å². The lowest BCUT2D eigenvalue weighted by Crippen LogP contribution is -2.31. The molecule has 0 aliphatic heterocycles. The van der Waals surface area contributed by atoms with Crippen LogP contribution in [0.4, 0.5) is 0 Å². The van der Waals surface area contributed by atoms with Gasteiger partial charge in [-0.3, -0.25) is 4.79 Å². The number of alkyl halides is 1. The van der Waals surface area contributed by atoms with Gasteiger partial charge in [0.05, 0.1) is 0 Å². The van der Waals surface area contributed by atoms with E-state index in [-0.39, 0.29) is 5.56 Å². The topological polar surface area (TPSA) is 22.0 Å². The molecule has 1 atom stereocenters. The zero-order chi connectivity index (χ0) is 12.4. The normalized spacial score (nSPS) is 16.6. The van der Waals surface area contributed by atoms with E-state index in [4.69, 9.17) is 0 Å². The van der Waals surface area contributed by atoms with Gasteiger partial charge in [-0.2, -0.15) is 0 Å². The summed E-state index contributed by atoms with van der Waals surface area (Å²) < 4.78 is 2.05. The molecule has 1 aromatic rings. The Morgan fingerprint density at radius 3 is 2.76 bits per heavy atom. The summed E-state index contributed by atoms with van der Waals surface area (Å²) in [5.41, 5.74) is 3.80. The highest BCUT2D eigenvalue weighted by atomic mass is 79.9. The molecule has 0 saturated heterocycles. The van der Waals surface area contributed by atoms with E-state index >= 15 is 0 Å². The molecule has 0 aromatic carbocycles. The summed E-state index contributed by atoms with van der Waals surface area (Å²) in [5, 5.41) is 0.662. The molecule has 0 saturated carbocycles. The highest BCUT2D eigenvalue weighted by molar-refractivity contribution is 9.08. The molecule has 0 bridgehead atoms. The lowest BCUT2D eigenvalue weighted by molar-refractivity contribution is 0.473. The Labute approximate surface area is 111 Å². The van der Waals surface area contributed by atoms with Crippen LogP contribution < -0.4 is 5.56 Å². The first-order chi connectivity index (χ1) is 8.19. The molecule has 2 rings (SSSR count). The van der Waals surface area contributed by atoms with E-state index < -0.39 is 0 Å². The van der Waals surface area contributed by atoms with Gasteiger partial charge in [-0.25, -0.2) is 0 Å². The van der Waals surface area contributed by atoms with E-state index in [0.29, 0.717) is 11.4 Å². The first-order valence-electron chi connectivity index (χ1n) is 6.51. The number of hydrogen-bond donors (Lipinski definition) is 0. The third-order valence-electron chi connectivity index (χ3n) is 3.79. The van der Waals surface area contributed by atoms with E-state index in [1.54, 1.807) is 0 Å². The lowest BCUT2D eigenvalue weighted by Gasteiger charge is -2.25. The van der Waals surface area contributed by atoms with E-state index in [9.17, 15) is 4.79 Å². The van der Waals surface area contributed by atoms with Crippen molar-refractivity contribution in [3.05, 3.63) is 33.2 Å². The van der Waals surface area contributed by atoms with Crippen LogP contribution >= 0.6 is 15.9 Å². The third kappa shape index (κ3) is 2.35. The SMILES string of the molecule is CCC(C)n1c2c(cc(CBr)c1=O)CCCC2. The lowest BCUT2D eigenvalue weighted by atomic mass is 9.94. The van der Waals surface area contributed by atoms with Gasteiger partial charge < -0.3 is 4.57 Å². The van der Waals surface area contributed by atoms with Crippen LogP contribution in [0.2, 0.25) is 0 Å². The van der Waals surface area contributed by atoms with Crippen LogP contribution in [-0.4, -0.2) is 4.57 Å². The molecule has 1 aliphatic carbocycles. The van der Waals surface area contributed by atoms with E-state index in [1.165, 1.54) is 24.1 Å². The molecule has 2 nitrogen and oxygen atoms in total. The van der Waals surface area contributed by atoms with Gasteiger partial charge in [-0.1, -0.05) is 22.9 Å². The predicted molar refractivity (Wildman–Crippen MR) is 75.0 cm³/mol. The maximum Gasteiger partial charge on any atom is 0.255 e. The Morgan fingerprint density at radius 2 is 2.12 bits per heavy atom. The zero-order valence-corrected chi connectivity index (χ0v) is 12.2. The highest BCUT2D eigenvalue weighted by Gasteiger charge is 2.19. The molecule has 0 fully saturated rings. The number of hydrogen-bond acceptors (Lipinski definition) is 1. The van der Waals surface area contributed by atoms with Crippen LogP contribution in [0.5, 0.6) is 0 Å². The van der Waals surface area contributed by atoms with Gasteiger partial charge in [-0.05, 0) is 50.7 Å². The quantitative estimate of drug-likeness (QED) is 0.782. The minimum Gasteiger partial charge on any atom is -0.309 e. The number of pyridine rings is 1. The number of aryl methyl sites for hydroxylation is 1. The van der Waals surface area contributed by atoms with Crippen molar-refractivity contribution in [1.82, 2.24) is 4.57 Å². The summed E-state index contributed by atoms with van der Waals surface area (Å²) in [6, 6.07) is 2.43. The van der Waals surface area contributed by atoms with Gasteiger partial charge >= 0.3 is 0 Å². The summed E-state index contributed by atoms with van der Waals surface area (Å²) >= 11 is 3.43. The molecule has 0 spiro atoms. The van der Waals surface area contributed by atoms with E-state index in [1.807, 2.05) is 4.57 Å². The molecule has 3 heteroatoms. The zero-order valence-electron chi connectivity index (χ0n) is 10.6. The van der Waals surface area contributed by atoms with Crippen molar-refractivity contribution in [2.45, 2.75) is 57.3 Å². The molecule has 1 aliphatic rings. The van der Waals surface area contributed by atoms with Gasteiger partial charge in [0.2, 0.25) is 0 Å². The molecular formula is C14H20BrNO. The molecule has 1 unspecified atom stereocenters. The number of rotatable bonds is 3. The second kappa shape index (κ2) is 5.38. The summed E-state index contributed by atoms with van der Waals surface area (Å²) in [7, 11) is 0. The monoisotopic (exact) mass is 297 g/mol. The first kappa shape index (κ1) is 12.9. The van der Waals surface area contributed by atoms with Crippen LogP contribution in [0.1, 0.15) is 56.0 Å². The fourth-order valence-corrected chi connectivity index (χ4v) is 3.04. The summed E-state index contributed by atoms with van der Waals surface area (Å²) in [6.07, 6.45) is 5.69. The van der Waals surface area contributed by atoms with Gasteiger partial charge in [0.1, 0.15) is 0 Å². The Balaban J connectivity index is 2.64. The molecule has 1 aromatic heterocycles. The molecule has 94 valence electrons. The van der Waals surface area contributed by atoms with Crippen molar-refractivity contribution in [3.63, 3.8) is 0 Å². The Hall–Kier alpha value is -0.570. The number of halogens is 1. The largest absolute Gasteiger partial charge is 0.309 e. The Kier molecular flexibility index (Phi) is 4.08. The van der Waals surface area contributed by atoms with E-state index in [2.05, 4.69) is 35.8 Å². The fourth-order valence-electron chi connectivity index (χ4n) is 2.64. The first-order valence-corrected chi connectivity index (χ1v) is 7.63. The molecule has 0 amide bonds. The number of fused-ring (bicyclic) bond motifs is 1. The average Bonchev–Trinajstić information content (AvgIpc) is 2.37. The van der Waals surface area contributed by atoms with Gasteiger partial charge in [-0.15, -0.1) is 0 Å². The second-order valence-corrected chi connectivity index (χ2v) is 5.48. The smallest absolute Gasteiger partial charge is 0.255 e. The van der Waals surface area contributed by atoms with Gasteiger partial charge in [0, 0.05) is 22.6 Å². The van der Waals surface area contributed by atoms with Crippen molar-refractivity contribution >= 4 is 15.9 Å². The molecular weight excluding hydrogens is 278 g/mol. The van der Waals surface area contributed by atoms with Gasteiger partial charge in [0.25, 0.3) is 5.56 Å². The van der Waals surface area contributed by atoms with Crippen LogP contribution in [0.3, 0.4) is 0 Å². The van der Waals surface area contributed by atoms with Gasteiger partial charge in [0.15, 0.2) is 0 Å². The maximum absolute atomic E-state index is 12.4.